The van der Waals surface area contributed by atoms with E-state index in [0.717, 1.165) is 17.7 Å². The van der Waals surface area contributed by atoms with Crippen LogP contribution in [0.4, 0.5) is 0 Å². The number of halogens is 1. The Morgan fingerprint density at radius 1 is 1.44 bits per heavy atom. The van der Waals surface area contributed by atoms with Crippen LogP contribution in [0.15, 0.2) is 18.2 Å². The fourth-order valence-electron chi connectivity index (χ4n) is 1.79. The maximum atomic E-state index is 12.2. The first-order valence-corrected chi connectivity index (χ1v) is 7.51. The molecule has 0 bridgehead atoms. The van der Waals surface area contributed by atoms with Crippen LogP contribution in [0.25, 0.3) is 0 Å². The minimum Gasteiger partial charge on any atom is -0.493 e. The van der Waals surface area contributed by atoms with Gasteiger partial charge in [-0.2, -0.15) is 0 Å². The van der Waals surface area contributed by atoms with Crippen molar-refractivity contribution in [2.24, 2.45) is 0 Å². The Bertz CT molecular complexity index is 471. The minimum atomic E-state index is -1.10. The molecule has 0 saturated heterocycles. The smallest absolute Gasteiger partial charge is 0.124 e. The van der Waals surface area contributed by atoms with E-state index in [0.29, 0.717) is 11.6 Å². The van der Waals surface area contributed by atoms with Crippen LogP contribution in [0.5, 0.6) is 5.75 Å². The molecule has 2 rings (SSSR count). The Labute approximate surface area is 115 Å². The van der Waals surface area contributed by atoms with Crippen LogP contribution in [-0.2, 0) is 11.0 Å². The van der Waals surface area contributed by atoms with Gasteiger partial charge in [0.15, 0.2) is 0 Å². The van der Waals surface area contributed by atoms with Crippen molar-refractivity contribution in [3.63, 3.8) is 0 Å². The van der Waals surface area contributed by atoms with Crippen LogP contribution in [-0.4, -0.2) is 15.6 Å². The summed E-state index contributed by atoms with van der Waals surface area (Å²) in [4.78, 5) is 0. The van der Waals surface area contributed by atoms with Crippen molar-refractivity contribution in [2.45, 2.75) is 38.0 Å². The second kappa shape index (κ2) is 5.19. The largest absolute Gasteiger partial charge is 0.493 e. The van der Waals surface area contributed by atoms with E-state index in [-0.39, 0.29) is 10.8 Å². The molecule has 1 aromatic carbocycles. The van der Waals surface area contributed by atoms with Crippen molar-refractivity contribution in [3.8, 4) is 5.75 Å². The first kappa shape index (κ1) is 13.8. The lowest BCUT2D eigenvalue weighted by atomic mass is 10.0. The van der Waals surface area contributed by atoms with Gasteiger partial charge in [-0.25, -0.2) is 8.93 Å². The zero-order chi connectivity index (χ0) is 13.3. The average molecular weight is 288 g/mol. The Morgan fingerprint density at radius 2 is 2.17 bits per heavy atom. The van der Waals surface area contributed by atoms with Crippen LogP contribution >= 0.6 is 11.6 Å². The van der Waals surface area contributed by atoms with Gasteiger partial charge in [0.05, 0.1) is 28.4 Å². The molecule has 2 atom stereocenters. The maximum Gasteiger partial charge on any atom is 0.124 e. The summed E-state index contributed by atoms with van der Waals surface area (Å²) in [6, 6.07) is 5.59. The molecule has 1 aliphatic rings. The van der Waals surface area contributed by atoms with Crippen LogP contribution in [0.2, 0.25) is 5.02 Å². The molecule has 1 N–H and O–H groups in total. The minimum absolute atomic E-state index is 0.0347. The lowest BCUT2D eigenvalue weighted by Crippen LogP contribution is -2.37. The maximum absolute atomic E-state index is 12.2. The van der Waals surface area contributed by atoms with Crippen LogP contribution in [0.3, 0.4) is 0 Å². The molecule has 100 valence electrons. The zero-order valence-corrected chi connectivity index (χ0v) is 12.4. The molecule has 0 spiro atoms. The van der Waals surface area contributed by atoms with E-state index < -0.39 is 11.0 Å². The van der Waals surface area contributed by atoms with Crippen molar-refractivity contribution in [2.75, 3.05) is 6.61 Å². The number of fused-ring (bicyclic) bond motifs is 1. The summed E-state index contributed by atoms with van der Waals surface area (Å²) in [7, 11) is -1.10. The highest BCUT2D eigenvalue weighted by Gasteiger charge is 2.27. The van der Waals surface area contributed by atoms with E-state index in [1.165, 1.54) is 0 Å². The Hall–Kier alpha value is -0.580. The van der Waals surface area contributed by atoms with Crippen molar-refractivity contribution >= 4 is 22.6 Å². The van der Waals surface area contributed by atoms with Crippen LogP contribution in [0.1, 0.15) is 38.8 Å². The van der Waals surface area contributed by atoms with Gasteiger partial charge in [0, 0.05) is 17.0 Å². The summed E-state index contributed by atoms with van der Waals surface area (Å²) in [5.41, 5.74) is 0.992. The van der Waals surface area contributed by atoms with Gasteiger partial charge in [-0.3, -0.25) is 0 Å². The number of ether oxygens (including phenoxy) is 1. The topological polar surface area (TPSA) is 38.3 Å². The molecule has 1 aromatic rings. The van der Waals surface area contributed by atoms with E-state index in [4.69, 9.17) is 16.3 Å². The number of nitrogens with one attached hydrogen (secondary N) is 1. The summed E-state index contributed by atoms with van der Waals surface area (Å²) < 4.78 is 20.6. The van der Waals surface area contributed by atoms with Gasteiger partial charge in [0.1, 0.15) is 5.75 Å². The second-order valence-electron chi connectivity index (χ2n) is 5.37. The fraction of sp³-hybridized carbons (Fsp3) is 0.538. The predicted octanol–water partition coefficient (Wildman–Crippen LogP) is 3.22. The molecule has 0 unspecified atom stereocenters. The van der Waals surface area contributed by atoms with E-state index >= 15 is 0 Å². The molecule has 5 heteroatoms. The highest BCUT2D eigenvalue weighted by Crippen LogP contribution is 2.34. The van der Waals surface area contributed by atoms with Crippen LogP contribution < -0.4 is 9.46 Å². The molecule has 0 saturated carbocycles. The summed E-state index contributed by atoms with van der Waals surface area (Å²) in [6.45, 7) is 6.49. The van der Waals surface area contributed by atoms with Gasteiger partial charge in [-0.15, -0.1) is 0 Å². The van der Waals surface area contributed by atoms with Crippen molar-refractivity contribution < 1.29 is 8.95 Å². The van der Waals surface area contributed by atoms with Gasteiger partial charge in [-0.05, 0) is 39.0 Å². The number of rotatable bonds is 2. The SMILES string of the molecule is CC(C)(C)[S@](=O)N[C@H]1CCOc2ccc(Cl)cc21. The molecule has 1 heterocycles. The van der Waals surface area contributed by atoms with Gasteiger partial charge in [0.25, 0.3) is 0 Å². The zero-order valence-electron chi connectivity index (χ0n) is 10.8. The second-order valence-corrected chi connectivity index (χ2v) is 7.81. The lowest BCUT2D eigenvalue weighted by Gasteiger charge is -2.29. The quantitative estimate of drug-likeness (QED) is 0.907. The standard InChI is InChI=1S/C13H18ClNO2S/c1-13(2,3)18(16)15-11-6-7-17-12-5-4-9(14)8-10(11)12/h4-5,8,11,15H,6-7H2,1-3H3/t11-,18-/m0/s1. The first-order valence-electron chi connectivity index (χ1n) is 5.98. The Balaban J connectivity index is 2.22. The van der Waals surface area contributed by atoms with Gasteiger partial charge in [-0.1, -0.05) is 11.6 Å². The summed E-state index contributed by atoms with van der Waals surface area (Å²) >= 11 is 6.01. The number of hydrogen-bond acceptors (Lipinski definition) is 2. The summed E-state index contributed by atoms with van der Waals surface area (Å²) in [5, 5.41) is 0.674. The molecule has 0 amide bonds. The Morgan fingerprint density at radius 3 is 2.83 bits per heavy atom. The van der Waals surface area contributed by atoms with Gasteiger partial charge < -0.3 is 4.74 Å². The monoisotopic (exact) mass is 287 g/mol. The number of hydrogen-bond donors (Lipinski definition) is 1. The van der Waals surface area contributed by atoms with E-state index in [9.17, 15) is 4.21 Å². The third-order valence-electron chi connectivity index (χ3n) is 2.82. The van der Waals surface area contributed by atoms with Gasteiger partial charge in [0.2, 0.25) is 0 Å². The predicted molar refractivity (Wildman–Crippen MR) is 75.3 cm³/mol. The van der Waals surface area contributed by atoms with E-state index in [2.05, 4.69) is 4.72 Å². The highest BCUT2D eigenvalue weighted by atomic mass is 35.5. The first-order chi connectivity index (χ1) is 8.38. The molecule has 1 aliphatic heterocycles. The average Bonchev–Trinajstić information content (AvgIpc) is 2.28. The van der Waals surface area contributed by atoms with Crippen LogP contribution in [0, 0.1) is 0 Å². The Kier molecular flexibility index (Phi) is 3.99. The molecule has 0 fully saturated rings. The normalized spacial score (nSPS) is 21.0. The molecule has 0 aromatic heterocycles. The van der Waals surface area contributed by atoms with Crippen molar-refractivity contribution in [1.29, 1.82) is 0 Å². The molecule has 18 heavy (non-hydrogen) atoms. The molecule has 0 aliphatic carbocycles. The third-order valence-corrected chi connectivity index (χ3v) is 4.66. The molecular weight excluding hydrogens is 270 g/mol. The van der Waals surface area contributed by atoms with E-state index in [1.807, 2.05) is 39.0 Å². The molecule has 0 radical (unpaired) electrons. The summed E-state index contributed by atoms with van der Waals surface area (Å²) in [5.74, 6) is 0.828. The van der Waals surface area contributed by atoms with Gasteiger partial charge >= 0.3 is 0 Å². The number of benzene rings is 1. The van der Waals surface area contributed by atoms with Crippen molar-refractivity contribution in [3.05, 3.63) is 28.8 Å². The fourth-order valence-corrected chi connectivity index (χ4v) is 2.83. The lowest BCUT2D eigenvalue weighted by molar-refractivity contribution is 0.263. The van der Waals surface area contributed by atoms with E-state index in [1.54, 1.807) is 0 Å². The summed E-state index contributed by atoms with van der Waals surface area (Å²) in [6.07, 6.45) is 0.801. The highest BCUT2D eigenvalue weighted by molar-refractivity contribution is 7.84. The van der Waals surface area contributed by atoms with Crippen molar-refractivity contribution in [1.82, 2.24) is 4.72 Å². The molecule has 3 nitrogen and oxygen atoms in total. The molecular formula is C13H18ClNO2S. The third kappa shape index (κ3) is 3.05.